The maximum Gasteiger partial charge on any atom is 0.164 e. The number of rotatable bonds is 6. The van der Waals surface area contributed by atoms with Crippen molar-refractivity contribution in [3.05, 3.63) is 200 Å². The molecule has 0 fully saturated rings. The van der Waals surface area contributed by atoms with Crippen molar-refractivity contribution in [3.8, 4) is 62.7 Å². The number of fused-ring (bicyclic) bond motifs is 6. The molecule has 0 N–H and O–H groups in total. The third kappa shape index (κ3) is 5.30. The highest BCUT2D eigenvalue weighted by Gasteiger charge is 2.22. The van der Waals surface area contributed by atoms with Crippen LogP contribution in [0.4, 0.5) is 0 Å². The molecule has 0 spiro atoms. The van der Waals surface area contributed by atoms with E-state index in [4.69, 9.17) is 15.0 Å². The summed E-state index contributed by atoms with van der Waals surface area (Å²) in [5.74, 6) is 1.75. The second-order valence-corrected chi connectivity index (χ2v) is 14.3. The Morgan fingerprint density at radius 2 is 0.759 bits per heavy atom. The zero-order valence-electron chi connectivity index (χ0n) is 31.2. The van der Waals surface area contributed by atoms with Gasteiger partial charge in [-0.15, -0.1) is 0 Å². The molecular weight excluding hydrogens is 709 g/mol. The molecular formula is C52H32N6. The Morgan fingerprint density at radius 3 is 1.22 bits per heavy atom. The van der Waals surface area contributed by atoms with Gasteiger partial charge in [0.2, 0.25) is 0 Å². The van der Waals surface area contributed by atoms with Crippen LogP contribution in [0.5, 0.6) is 0 Å². The first-order valence-corrected chi connectivity index (χ1v) is 19.3. The molecule has 11 rings (SSSR count). The average molecular weight is 741 g/mol. The van der Waals surface area contributed by atoms with Crippen LogP contribution in [0, 0.1) is 11.3 Å². The van der Waals surface area contributed by atoms with Gasteiger partial charge in [0.05, 0.1) is 39.0 Å². The Balaban J connectivity index is 1.20. The van der Waals surface area contributed by atoms with Gasteiger partial charge in [-0.2, -0.15) is 5.26 Å². The zero-order valence-corrected chi connectivity index (χ0v) is 31.2. The van der Waals surface area contributed by atoms with E-state index in [2.05, 4.69) is 149 Å². The topological polar surface area (TPSA) is 72.3 Å². The molecule has 0 radical (unpaired) electrons. The van der Waals surface area contributed by atoms with E-state index in [1.807, 2.05) is 60.7 Å². The van der Waals surface area contributed by atoms with Gasteiger partial charge in [-0.1, -0.05) is 158 Å². The van der Waals surface area contributed by atoms with Crippen molar-refractivity contribution in [3.63, 3.8) is 0 Å². The lowest BCUT2D eigenvalue weighted by Gasteiger charge is -2.19. The molecule has 0 saturated carbocycles. The van der Waals surface area contributed by atoms with Crippen LogP contribution >= 0.6 is 0 Å². The van der Waals surface area contributed by atoms with Gasteiger partial charge in [0.25, 0.3) is 0 Å². The standard InChI is InChI=1S/C52H32N6/c53-33-43-37(24-15-29-48(43)57-44-25-11-7-20-38(44)39-21-8-12-26-45(39)57)42-31-30-36(32-49(42)58-46-27-13-9-22-40(46)41-23-10-14-28-47(41)58)52-55-50(34-16-3-1-4-17-34)54-51(56-52)35-18-5-2-6-19-35/h1-32H. The van der Waals surface area contributed by atoms with Crippen molar-refractivity contribution in [2.75, 3.05) is 0 Å². The van der Waals surface area contributed by atoms with Gasteiger partial charge >= 0.3 is 0 Å². The summed E-state index contributed by atoms with van der Waals surface area (Å²) in [5, 5.41) is 15.8. The second kappa shape index (κ2) is 13.6. The first kappa shape index (κ1) is 33.2. The van der Waals surface area contributed by atoms with Gasteiger partial charge in [0.15, 0.2) is 17.5 Å². The van der Waals surface area contributed by atoms with Crippen molar-refractivity contribution in [1.82, 2.24) is 24.1 Å². The van der Waals surface area contributed by atoms with E-state index < -0.39 is 0 Å². The Morgan fingerprint density at radius 1 is 0.345 bits per heavy atom. The monoisotopic (exact) mass is 740 g/mol. The molecule has 0 aliphatic heterocycles. The maximum absolute atomic E-state index is 11.2. The summed E-state index contributed by atoms with van der Waals surface area (Å²) in [4.78, 5) is 15.2. The summed E-state index contributed by atoms with van der Waals surface area (Å²) in [6.45, 7) is 0. The first-order valence-electron chi connectivity index (χ1n) is 19.3. The molecule has 3 heterocycles. The fraction of sp³-hybridized carbons (Fsp3) is 0. The number of para-hydroxylation sites is 4. The predicted molar refractivity (Wildman–Crippen MR) is 235 cm³/mol. The molecule has 0 unspecified atom stereocenters. The molecule has 11 aromatic rings. The molecule has 0 amide bonds. The molecule has 0 saturated heterocycles. The summed E-state index contributed by atoms with van der Waals surface area (Å²) in [6.07, 6.45) is 0. The average Bonchev–Trinajstić information content (AvgIpc) is 3.82. The Labute approximate surface area is 334 Å². The minimum atomic E-state index is 0.556. The highest BCUT2D eigenvalue weighted by molar-refractivity contribution is 6.11. The number of benzene rings is 8. The van der Waals surface area contributed by atoms with Crippen molar-refractivity contribution in [2.45, 2.75) is 0 Å². The molecule has 0 bridgehead atoms. The minimum Gasteiger partial charge on any atom is -0.309 e. The van der Waals surface area contributed by atoms with E-state index in [1.54, 1.807) is 0 Å². The van der Waals surface area contributed by atoms with Gasteiger partial charge < -0.3 is 9.13 Å². The Hall–Kier alpha value is -8.14. The highest BCUT2D eigenvalue weighted by atomic mass is 15.0. The number of hydrogen-bond donors (Lipinski definition) is 0. The lowest BCUT2D eigenvalue weighted by Crippen LogP contribution is -2.04. The van der Waals surface area contributed by atoms with Crippen LogP contribution in [-0.4, -0.2) is 24.1 Å². The van der Waals surface area contributed by atoms with Crippen molar-refractivity contribution in [2.24, 2.45) is 0 Å². The molecule has 0 aliphatic carbocycles. The second-order valence-electron chi connectivity index (χ2n) is 14.3. The normalized spacial score (nSPS) is 11.4. The summed E-state index contributed by atoms with van der Waals surface area (Å²) >= 11 is 0. The molecule has 6 heteroatoms. The molecule has 0 atom stereocenters. The molecule has 0 aliphatic rings. The van der Waals surface area contributed by atoms with Gasteiger partial charge in [-0.05, 0) is 36.4 Å². The van der Waals surface area contributed by atoms with Crippen LogP contribution < -0.4 is 0 Å². The fourth-order valence-electron chi connectivity index (χ4n) is 8.45. The van der Waals surface area contributed by atoms with E-state index in [9.17, 15) is 5.26 Å². The highest BCUT2D eigenvalue weighted by Crippen LogP contribution is 2.41. The number of aromatic nitrogens is 5. The van der Waals surface area contributed by atoms with E-state index in [0.717, 1.165) is 82.8 Å². The van der Waals surface area contributed by atoms with Crippen LogP contribution in [0.2, 0.25) is 0 Å². The largest absolute Gasteiger partial charge is 0.309 e. The lowest BCUT2D eigenvalue weighted by molar-refractivity contribution is 1.07. The van der Waals surface area contributed by atoms with E-state index >= 15 is 0 Å². The molecule has 3 aromatic heterocycles. The van der Waals surface area contributed by atoms with Crippen molar-refractivity contribution < 1.29 is 0 Å². The van der Waals surface area contributed by atoms with Crippen molar-refractivity contribution in [1.29, 1.82) is 5.26 Å². The smallest absolute Gasteiger partial charge is 0.164 e. The Bertz CT molecular complexity index is 3240. The quantitative estimate of drug-likeness (QED) is 0.170. The van der Waals surface area contributed by atoms with Crippen LogP contribution in [-0.2, 0) is 0 Å². The summed E-state index contributed by atoms with van der Waals surface area (Å²) in [6, 6.07) is 69.0. The molecule has 8 aromatic carbocycles. The van der Waals surface area contributed by atoms with Gasteiger partial charge in [-0.25, -0.2) is 15.0 Å². The predicted octanol–water partition coefficient (Wildman–Crippen LogP) is 12.6. The van der Waals surface area contributed by atoms with Crippen LogP contribution in [0.1, 0.15) is 5.56 Å². The third-order valence-corrected chi connectivity index (χ3v) is 11.0. The van der Waals surface area contributed by atoms with Gasteiger partial charge in [-0.3, -0.25) is 0 Å². The van der Waals surface area contributed by atoms with E-state index in [1.165, 1.54) is 0 Å². The SMILES string of the molecule is N#Cc1c(-c2ccc(-c3nc(-c4ccccc4)nc(-c4ccccc4)n3)cc2-n2c3ccccc3c3ccccc32)cccc1-n1c2ccccc2c2ccccc21. The number of nitrogens with zero attached hydrogens (tertiary/aromatic N) is 6. The lowest BCUT2D eigenvalue weighted by atomic mass is 9.95. The molecule has 6 nitrogen and oxygen atoms in total. The fourth-order valence-corrected chi connectivity index (χ4v) is 8.45. The van der Waals surface area contributed by atoms with Crippen LogP contribution in [0.3, 0.4) is 0 Å². The minimum absolute atomic E-state index is 0.556. The van der Waals surface area contributed by atoms with E-state index in [0.29, 0.717) is 23.0 Å². The van der Waals surface area contributed by atoms with E-state index in [-0.39, 0.29) is 0 Å². The number of hydrogen-bond acceptors (Lipinski definition) is 4. The summed E-state index contributed by atoms with van der Waals surface area (Å²) in [5.41, 5.74) is 10.9. The third-order valence-electron chi connectivity index (χ3n) is 11.0. The van der Waals surface area contributed by atoms with Crippen molar-refractivity contribution >= 4 is 43.6 Å². The maximum atomic E-state index is 11.2. The Kier molecular flexibility index (Phi) is 7.76. The first-order chi connectivity index (χ1) is 28.7. The molecule has 58 heavy (non-hydrogen) atoms. The van der Waals surface area contributed by atoms with Gasteiger partial charge in [0, 0.05) is 49.4 Å². The molecule has 270 valence electrons. The van der Waals surface area contributed by atoms with Crippen LogP contribution in [0.15, 0.2) is 194 Å². The van der Waals surface area contributed by atoms with Gasteiger partial charge in [0.1, 0.15) is 6.07 Å². The summed E-state index contributed by atoms with van der Waals surface area (Å²) < 4.78 is 4.54. The zero-order chi connectivity index (χ0) is 38.6. The summed E-state index contributed by atoms with van der Waals surface area (Å²) in [7, 11) is 0. The van der Waals surface area contributed by atoms with Crippen LogP contribution in [0.25, 0.3) is 100 Å². The number of nitriles is 1.